The van der Waals surface area contributed by atoms with Crippen molar-refractivity contribution in [1.82, 2.24) is 15.1 Å². The van der Waals surface area contributed by atoms with E-state index in [4.69, 9.17) is 5.26 Å². The molecule has 3 rings (SSSR count). The third kappa shape index (κ3) is 5.65. The second kappa shape index (κ2) is 9.31. The van der Waals surface area contributed by atoms with Gasteiger partial charge in [-0.1, -0.05) is 42.5 Å². The molecule has 0 spiro atoms. The monoisotopic (exact) mass is 362 g/mol. The maximum atomic E-state index is 12.3. The fourth-order valence-electron chi connectivity index (χ4n) is 3.36. The maximum Gasteiger partial charge on any atom is 0.234 e. The quantitative estimate of drug-likeness (QED) is 0.858. The standard InChI is InChI=1S/C22H26N4O/c1-18(21-5-3-2-4-6-21)24-22(27)17-26-13-11-25(12-14-26)16-20-9-7-19(15-23)8-10-20/h2-10,18H,11-14,16-17H2,1H3,(H,24,27). The van der Waals surface area contributed by atoms with Crippen molar-refractivity contribution in [2.24, 2.45) is 0 Å². The molecule has 1 unspecified atom stereocenters. The summed E-state index contributed by atoms with van der Waals surface area (Å²) < 4.78 is 0. The lowest BCUT2D eigenvalue weighted by Gasteiger charge is -2.34. The van der Waals surface area contributed by atoms with E-state index in [1.54, 1.807) is 0 Å². The summed E-state index contributed by atoms with van der Waals surface area (Å²) in [7, 11) is 0. The first-order chi connectivity index (χ1) is 13.1. The van der Waals surface area contributed by atoms with Crippen molar-refractivity contribution in [3.05, 3.63) is 71.3 Å². The number of carbonyl (C=O) groups is 1. The molecule has 5 heteroatoms. The van der Waals surface area contributed by atoms with Crippen LogP contribution in [-0.2, 0) is 11.3 Å². The van der Waals surface area contributed by atoms with Gasteiger partial charge < -0.3 is 5.32 Å². The third-order valence-corrected chi connectivity index (χ3v) is 5.00. The topological polar surface area (TPSA) is 59.4 Å². The number of hydrogen-bond acceptors (Lipinski definition) is 4. The fraction of sp³-hybridized carbons (Fsp3) is 0.364. The summed E-state index contributed by atoms with van der Waals surface area (Å²) in [6.07, 6.45) is 0. The Morgan fingerprint density at radius 3 is 2.30 bits per heavy atom. The smallest absolute Gasteiger partial charge is 0.234 e. The number of rotatable bonds is 6. The molecule has 27 heavy (non-hydrogen) atoms. The molecular formula is C22H26N4O. The van der Waals surface area contributed by atoms with Gasteiger partial charge in [0.15, 0.2) is 0 Å². The van der Waals surface area contributed by atoms with Gasteiger partial charge in [0.05, 0.1) is 24.2 Å². The molecule has 0 saturated carbocycles. The Hall–Kier alpha value is -2.68. The first-order valence-electron chi connectivity index (χ1n) is 9.42. The summed E-state index contributed by atoms with van der Waals surface area (Å²) in [5, 5.41) is 12.0. The summed E-state index contributed by atoms with van der Waals surface area (Å²) in [4.78, 5) is 16.9. The van der Waals surface area contributed by atoms with Crippen molar-refractivity contribution >= 4 is 5.91 Å². The lowest BCUT2D eigenvalue weighted by Crippen LogP contribution is -2.49. The van der Waals surface area contributed by atoms with Crippen LogP contribution < -0.4 is 5.32 Å². The summed E-state index contributed by atoms with van der Waals surface area (Å²) in [6.45, 7) is 7.03. The van der Waals surface area contributed by atoms with Crippen LogP contribution in [0.5, 0.6) is 0 Å². The molecule has 1 atom stereocenters. The van der Waals surface area contributed by atoms with Crippen LogP contribution in [-0.4, -0.2) is 48.4 Å². The summed E-state index contributed by atoms with van der Waals surface area (Å²) in [5.41, 5.74) is 3.04. The van der Waals surface area contributed by atoms with E-state index in [2.05, 4.69) is 21.2 Å². The zero-order chi connectivity index (χ0) is 19.1. The first kappa shape index (κ1) is 19.1. The molecule has 1 amide bonds. The number of amides is 1. The van der Waals surface area contributed by atoms with E-state index in [0.717, 1.165) is 38.3 Å². The average molecular weight is 362 g/mol. The van der Waals surface area contributed by atoms with E-state index >= 15 is 0 Å². The van der Waals surface area contributed by atoms with Crippen LogP contribution in [0.2, 0.25) is 0 Å². The lowest BCUT2D eigenvalue weighted by molar-refractivity contribution is -0.123. The van der Waals surface area contributed by atoms with E-state index in [1.165, 1.54) is 5.56 Å². The van der Waals surface area contributed by atoms with Crippen molar-refractivity contribution in [3.63, 3.8) is 0 Å². The van der Waals surface area contributed by atoms with Gasteiger partial charge >= 0.3 is 0 Å². The molecule has 2 aromatic carbocycles. The van der Waals surface area contributed by atoms with Gasteiger partial charge in [0.1, 0.15) is 0 Å². The van der Waals surface area contributed by atoms with E-state index in [0.29, 0.717) is 12.1 Å². The largest absolute Gasteiger partial charge is 0.348 e. The Balaban J connectivity index is 1.41. The van der Waals surface area contributed by atoms with Gasteiger partial charge in [-0.2, -0.15) is 5.26 Å². The van der Waals surface area contributed by atoms with E-state index in [9.17, 15) is 4.79 Å². The van der Waals surface area contributed by atoms with Crippen molar-refractivity contribution in [1.29, 1.82) is 5.26 Å². The van der Waals surface area contributed by atoms with Crippen LogP contribution in [0.25, 0.3) is 0 Å². The van der Waals surface area contributed by atoms with E-state index < -0.39 is 0 Å². The van der Waals surface area contributed by atoms with Gasteiger partial charge in [-0.25, -0.2) is 0 Å². The first-order valence-corrected chi connectivity index (χ1v) is 9.42. The predicted molar refractivity (Wildman–Crippen MR) is 106 cm³/mol. The average Bonchev–Trinajstić information content (AvgIpc) is 2.70. The van der Waals surface area contributed by atoms with Gasteiger partial charge in [0.25, 0.3) is 0 Å². The number of nitriles is 1. The molecule has 0 aliphatic carbocycles. The minimum Gasteiger partial charge on any atom is -0.348 e. The third-order valence-electron chi connectivity index (χ3n) is 5.00. The Bertz CT molecular complexity index is 774. The van der Waals surface area contributed by atoms with Crippen molar-refractivity contribution in [3.8, 4) is 6.07 Å². The predicted octanol–water partition coefficient (Wildman–Crippen LogP) is 2.55. The zero-order valence-corrected chi connectivity index (χ0v) is 15.8. The van der Waals surface area contributed by atoms with Gasteiger partial charge in [0.2, 0.25) is 5.91 Å². The molecule has 0 bridgehead atoms. The molecule has 1 aliphatic heterocycles. The molecule has 1 aliphatic rings. The molecule has 2 aromatic rings. The van der Waals surface area contributed by atoms with Crippen molar-refractivity contribution in [2.75, 3.05) is 32.7 Å². The number of nitrogens with zero attached hydrogens (tertiary/aromatic N) is 3. The van der Waals surface area contributed by atoms with Crippen molar-refractivity contribution in [2.45, 2.75) is 19.5 Å². The van der Waals surface area contributed by atoms with Crippen LogP contribution in [0.1, 0.15) is 29.7 Å². The number of piperazine rings is 1. The van der Waals surface area contributed by atoms with Crippen LogP contribution in [0.3, 0.4) is 0 Å². The van der Waals surface area contributed by atoms with Crippen LogP contribution in [0.15, 0.2) is 54.6 Å². The Morgan fingerprint density at radius 1 is 1.04 bits per heavy atom. The molecule has 1 heterocycles. The molecule has 0 radical (unpaired) electrons. The number of benzene rings is 2. The zero-order valence-electron chi connectivity index (χ0n) is 15.8. The van der Waals surface area contributed by atoms with Crippen LogP contribution in [0, 0.1) is 11.3 Å². The highest BCUT2D eigenvalue weighted by atomic mass is 16.2. The van der Waals surface area contributed by atoms with Gasteiger partial charge in [-0.15, -0.1) is 0 Å². The normalized spacial score (nSPS) is 16.4. The van der Waals surface area contributed by atoms with Crippen molar-refractivity contribution < 1.29 is 4.79 Å². The minimum atomic E-state index is 0.0244. The van der Waals surface area contributed by atoms with Gasteiger partial charge in [0, 0.05) is 32.7 Å². The van der Waals surface area contributed by atoms with Gasteiger partial charge in [-0.3, -0.25) is 14.6 Å². The molecule has 140 valence electrons. The summed E-state index contributed by atoms with van der Waals surface area (Å²) in [6, 6.07) is 20.0. The second-order valence-corrected chi connectivity index (χ2v) is 7.06. The molecule has 0 aromatic heterocycles. The van der Waals surface area contributed by atoms with Crippen LogP contribution in [0.4, 0.5) is 0 Å². The van der Waals surface area contributed by atoms with Crippen LogP contribution >= 0.6 is 0 Å². The Labute approximate surface area is 161 Å². The summed E-state index contributed by atoms with van der Waals surface area (Å²) in [5.74, 6) is 0.0758. The number of carbonyl (C=O) groups excluding carboxylic acids is 1. The molecule has 5 nitrogen and oxygen atoms in total. The van der Waals surface area contributed by atoms with E-state index in [1.807, 2.05) is 61.5 Å². The second-order valence-electron chi connectivity index (χ2n) is 7.06. The van der Waals surface area contributed by atoms with Gasteiger partial charge in [-0.05, 0) is 30.2 Å². The highest BCUT2D eigenvalue weighted by Crippen LogP contribution is 2.12. The Morgan fingerprint density at radius 2 is 1.67 bits per heavy atom. The molecular weight excluding hydrogens is 336 g/mol. The SMILES string of the molecule is CC(NC(=O)CN1CCN(Cc2ccc(C#N)cc2)CC1)c1ccccc1. The maximum absolute atomic E-state index is 12.3. The fourth-order valence-corrected chi connectivity index (χ4v) is 3.36. The number of hydrogen-bond donors (Lipinski definition) is 1. The summed E-state index contributed by atoms with van der Waals surface area (Å²) >= 11 is 0. The number of nitrogens with one attached hydrogen (secondary N) is 1. The molecule has 1 fully saturated rings. The lowest BCUT2D eigenvalue weighted by atomic mass is 10.1. The van der Waals surface area contributed by atoms with E-state index in [-0.39, 0.29) is 11.9 Å². The molecule has 1 N–H and O–H groups in total. The highest BCUT2D eigenvalue weighted by molar-refractivity contribution is 5.78. The minimum absolute atomic E-state index is 0.0244. The molecule has 1 saturated heterocycles. The highest BCUT2D eigenvalue weighted by Gasteiger charge is 2.20. The Kier molecular flexibility index (Phi) is 6.59.